The maximum Gasteiger partial charge on any atom is 0.256 e. The largest absolute Gasteiger partial charge is 0.348 e. The summed E-state index contributed by atoms with van der Waals surface area (Å²) in [4.78, 5) is 21.2. The number of halogens is 2. The van der Waals surface area contributed by atoms with Crippen LogP contribution in [0.4, 0.5) is 5.69 Å². The number of amides is 1. The summed E-state index contributed by atoms with van der Waals surface area (Å²) in [6, 6.07) is 14.4. The molecule has 2 aromatic rings. The van der Waals surface area contributed by atoms with E-state index in [2.05, 4.69) is 15.3 Å². The Labute approximate surface area is 165 Å². The van der Waals surface area contributed by atoms with Gasteiger partial charge in [-0.3, -0.25) is 4.79 Å². The molecule has 2 heterocycles. The molecule has 134 valence electrons. The summed E-state index contributed by atoms with van der Waals surface area (Å²) in [7, 11) is 0. The predicted molar refractivity (Wildman–Crippen MR) is 107 cm³/mol. The van der Waals surface area contributed by atoms with Crippen LogP contribution in [-0.4, -0.2) is 20.4 Å². The molecule has 0 saturated carbocycles. The number of anilines is 1. The number of hydrogen-bond donors (Lipinski definition) is 1. The van der Waals surface area contributed by atoms with E-state index in [1.54, 1.807) is 24.3 Å². The van der Waals surface area contributed by atoms with E-state index in [0.29, 0.717) is 27.8 Å². The second-order valence-corrected chi connectivity index (χ2v) is 6.82. The molecule has 2 aromatic carbocycles. The van der Waals surface area contributed by atoms with Crippen molar-refractivity contribution < 1.29 is 4.79 Å². The summed E-state index contributed by atoms with van der Waals surface area (Å²) in [6.45, 7) is 0.535. The van der Waals surface area contributed by atoms with Gasteiger partial charge in [-0.15, -0.1) is 0 Å². The highest BCUT2D eigenvalue weighted by Gasteiger charge is 2.13. The van der Waals surface area contributed by atoms with Gasteiger partial charge in [-0.05, 0) is 35.9 Å². The molecule has 4 rings (SSSR count). The minimum absolute atomic E-state index is 0.209. The summed E-state index contributed by atoms with van der Waals surface area (Å²) in [6.07, 6.45) is 5.37. The Hall–Kier alpha value is -2.89. The fraction of sp³-hybridized carbons (Fsp3) is 0.0500. The molecule has 0 atom stereocenters. The molecule has 5 nitrogen and oxygen atoms in total. The van der Waals surface area contributed by atoms with Gasteiger partial charge in [0.25, 0.3) is 5.91 Å². The van der Waals surface area contributed by atoms with Crippen LogP contribution in [0.2, 0.25) is 10.0 Å². The van der Waals surface area contributed by atoms with Crippen LogP contribution in [-0.2, 0) is 6.54 Å². The highest BCUT2D eigenvalue weighted by atomic mass is 35.5. The van der Waals surface area contributed by atoms with E-state index in [9.17, 15) is 4.79 Å². The molecule has 2 aliphatic heterocycles. The van der Waals surface area contributed by atoms with Crippen molar-refractivity contribution in [1.82, 2.24) is 14.5 Å². The lowest BCUT2D eigenvalue weighted by Crippen LogP contribution is -2.15. The molecule has 1 amide bonds. The highest BCUT2D eigenvalue weighted by Crippen LogP contribution is 2.25. The Morgan fingerprint density at radius 1 is 1.00 bits per heavy atom. The van der Waals surface area contributed by atoms with Crippen LogP contribution in [0.25, 0.3) is 11.4 Å². The van der Waals surface area contributed by atoms with Crippen molar-refractivity contribution in [2.45, 2.75) is 6.54 Å². The normalized spacial score (nSPS) is 10.9. The number of hydrogen-bond acceptors (Lipinski definition) is 3. The van der Waals surface area contributed by atoms with Crippen LogP contribution in [0.1, 0.15) is 15.9 Å². The first kappa shape index (κ1) is 17.5. The Morgan fingerprint density at radius 3 is 2.67 bits per heavy atom. The molecule has 0 radical (unpaired) electrons. The van der Waals surface area contributed by atoms with E-state index < -0.39 is 0 Å². The van der Waals surface area contributed by atoms with E-state index in [4.69, 9.17) is 23.2 Å². The van der Waals surface area contributed by atoms with Crippen LogP contribution >= 0.6 is 23.2 Å². The van der Waals surface area contributed by atoms with Gasteiger partial charge < -0.3 is 9.88 Å². The van der Waals surface area contributed by atoms with E-state index in [0.717, 1.165) is 17.0 Å². The van der Waals surface area contributed by atoms with Crippen LogP contribution in [0.5, 0.6) is 0 Å². The van der Waals surface area contributed by atoms with Crippen molar-refractivity contribution in [1.29, 1.82) is 0 Å². The van der Waals surface area contributed by atoms with Gasteiger partial charge in [0.1, 0.15) is 12.0 Å². The van der Waals surface area contributed by atoms with Gasteiger partial charge >= 0.3 is 0 Å². The minimum atomic E-state index is -0.209. The average molecular weight is 397 g/mol. The molecular formula is C20H14Cl2N4O. The van der Waals surface area contributed by atoms with Crippen molar-refractivity contribution in [3.63, 3.8) is 0 Å². The third-order valence-electron chi connectivity index (χ3n) is 4.16. The average Bonchev–Trinajstić information content (AvgIpc) is 3.13. The number of carbonyl (C=O) groups excluding carboxylic acids is 1. The SMILES string of the molecule is O=C(Nc1ccc(Cl)c(Cl)c1)c1ccccc1Cn1ccc2ncnc-2c1. The molecule has 2 aliphatic rings. The molecule has 27 heavy (non-hydrogen) atoms. The third kappa shape index (κ3) is 3.79. The summed E-state index contributed by atoms with van der Waals surface area (Å²) >= 11 is 11.9. The maximum absolute atomic E-state index is 12.8. The first-order valence-corrected chi connectivity index (χ1v) is 8.96. The minimum Gasteiger partial charge on any atom is -0.348 e. The Balaban J connectivity index is 1.59. The Morgan fingerprint density at radius 2 is 1.81 bits per heavy atom. The first-order valence-electron chi connectivity index (χ1n) is 8.21. The van der Waals surface area contributed by atoms with Gasteiger partial charge in [0.2, 0.25) is 0 Å². The van der Waals surface area contributed by atoms with Crippen LogP contribution < -0.4 is 5.32 Å². The number of pyridine rings is 1. The molecule has 0 saturated heterocycles. The zero-order valence-corrected chi connectivity index (χ0v) is 15.6. The molecule has 1 N–H and O–H groups in total. The van der Waals surface area contributed by atoms with Gasteiger partial charge in [0.15, 0.2) is 0 Å². The summed E-state index contributed by atoms with van der Waals surface area (Å²) in [5, 5.41) is 3.70. The number of carbonyl (C=O) groups is 1. The second-order valence-electron chi connectivity index (χ2n) is 6.00. The van der Waals surface area contributed by atoms with Crippen LogP contribution in [0.15, 0.2) is 67.3 Å². The Kier molecular flexibility index (Phi) is 4.79. The quantitative estimate of drug-likeness (QED) is 0.528. The lowest BCUT2D eigenvalue weighted by molar-refractivity contribution is 0.102. The van der Waals surface area contributed by atoms with Crippen LogP contribution in [0, 0.1) is 0 Å². The second kappa shape index (κ2) is 7.39. The van der Waals surface area contributed by atoms with E-state index in [1.807, 2.05) is 41.2 Å². The molecule has 0 spiro atoms. The number of imidazole rings is 1. The smallest absolute Gasteiger partial charge is 0.256 e. The molecule has 0 fully saturated rings. The Bertz CT molecular complexity index is 1090. The van der Waals surface area contributed by atoms with Crippen molar-refractivity contribution >= 4 is 34.8 Å². The predicted octanol–water partition coefficient (Wildman–Crippen LogP) is 4.99. The topological polar surface area (TPSA) is 59.8 Å². The molecule has 0 aliphatic carbocycles. The number of nitrogens with zero attached hydrogens (tertiary/aromatic N) is 3. The van der Waals surface area contributed by atoms with Crippen molar-refractivity contribution in [2.24, 2.45) is 0 Å². The monoisotopic (exact) mass is 396 g/mol. The van der Waals surface area contributed by atoms with E-state index in [-0.39, 0.29) is 5.91 Å². The lowest BCUT2D eigenvalue weighted by atomic mass is 10.1. The van der Waals surface area contributed by atoms with Gasteiger partial charge in [0, 0.05) is 30.2 Å². The van der Waals surface area contributed by atoms with Crippen molar-refractivity contribution in [2.75, 3.05) is 5.32 Å². The molecule has 0 unspecified atom stereocenters. The summed E-state index contributed by atoms with van der Waals surface area (Å²) in [5.74, 6) is -0.209. The molecule has 0 aromatic heterocycles. The maximum atomic E-state index is 12.8. The fourth-order valence-corrected chi connectivity index (χ4v) is 3.13. The molecular weight excluding hydrogens is 383 g/mol. The fourth-order valence-electron chi connectivity index (χ4n) is 2.83. The first-order chi connectivity index (χ1) is 13.1. The lowest BCUT2D eigenvalue weighted by Gasteiger charge is -2.13. The standard InChI is InChI=1S/C20H14Cl2N4O/c21-16-6-5-14(9-17(16)22)25-20(27)15-4-2-1-3-13(15)10-26-8-7-18-19(11-26)24-12-23-18/h1-9,11-12H,10H2,(H,25,27). The highest BCUT2D eigenvalue weighted by molar-refractivity contribution is 6.42. The zero-order valence-electron chi connectivity index (χ0n) is 14.1. The third-order valence-corrected chi connectivity index (χ3v) is 4.90. The van der Waals surface area contributed by atoms with Gasteiger partial charge in [-0.25, -0.2) is 9.97 Å². The van der Waals surface area contributed by atoms with Gasteiger partial charge in [0.05, 0.1) is 15.7 Å². The van der Waals surface area contributed by atoms with Crippen LogP contribution in [0.3, 0.4) is 0 Å². The number of rotatable bonds is 4. The molecule has 0 bridgehead atoms. The van der Waals surface area contributed by atoms with Crippen molar-refractivity contribution in [3.8, 4) is 11.4 Å². The molecule has 7 heteroatoms. The van der Waals surface area contributed by atoms with E-state index in [1.165, 1.54) is 6.33 Å². The van der Waals surface area contributed by atoms with Gasteiger partial charge in [-0.1, -0.05) is 41.4 Å². The zero-order chi connectivity index (χ0) is 18.8. The summed E-state index contributed by atoms with van der Waals surface area (Å²) < 4.78 is 1.97. The number of benzene rings is 2. The summed E-state index contributed by atoms with van der Waals surface area (Å²) in [5.41, 5.74) is 3.72. The number of fused-ring (bicyclic) bond motifs is 1. The van der Waals surface area contributed by atoms with E-state index >= 15 is 0 Å². The number of nitrogens with one attached hydrogen (secondary N) is 1. The van der Waals surface area contributed by atoms with Gasteiger partial charge in [-0.2, -0.15) is 0 Å². The van der Waals surface area contributed by atoms with Crippen molar-refractivity contribution in [3.05, 3.63) is 88.4 Å². The number of aromatic nitrogens is 3.